The molecule has 3 aromatic carbocycles. The van der Waals surface area contributed by atoms with E-state index in [9.17, 15) is 9.59 Å². The summed E-state index contributed by atoms with van der Waals surface area (Å²) < 4.78 is 28.4. The lowest BCUT2D eigenvalue weighted by Crippen LogP contribution is -2.18. The normalized spacial score (nSPS) is 14.6. The summed E-state index contributed by atoms with van der Waals surface area (Å²) in [6.45, 7) is 1.82. The Hall–Kier alpha value is -4.72. The molecule has 0 bridgehead atoms. The van der Waals surface area contributed by atoms with E-state index in [1.165, 1.54) is 0 Å². The first-order chi connectivity index (χ1) is 19.4. The summed E-state index contributed by atoms with van der Waals surface area (Å²) >= 11 is 0. The molecular weight excluding hydrogens is 510 g/mol. The minimum absolute atomic E-state index is 0.0154. The Labute approximate surface area is 232 Å². The van der Waals surface area contributed by atoms with Crippen molar-refractivity contribution in [3.63, 3.8) is 0 Å². The molecule has 5 rings (SSSR count). The van der Waals surface area contributed by atoms with Crippen molar-refractivity contribution in [3.05, 3.63) is 88.3 Å². The number of allylic oxidation sites excluding steroid dienone is 1. The number of amides is 1. The summed E-state index contributed by atoms with van der Waals surface area (Å²) in [7, 11) is 4.72. The van der Waals surface area contributed by atoms with Gasteiger partial charge in [-0.1, -0.05) is 18.2 Å². The van der Waals surface area contributed by atoms with Crippen LogP contribution in [0.25, 0.3) is 22.1 Å². The summed E-state index contributed by atoms with van der Waals surface area (Å²) in [4.78, 5) is 26.2. The van der Waals surface area contributed by atoms with Crippen LogP contribution in [0, 0.1) is 6.92 Å². The number of rotatable bonds is 8. The lowest BCUT2D eigenvalue weighted by atomic mass is 10.0. The standard InChI is InChI=1S/C32H31NO7/c1-19-29-22(18-28(38-4)30(19)39-23-10-6-5-7-11-23)17-26(32(35)40-29)33-31(34)21-13-14-27(37-3)25(16-21)20-9-8-12-24(15-20)36-2/h6,8-10,12-18,23H,5,7,11H2,1-4H3,(H,33,34). The van der Waals surface area contributed by atoms with Crippen molar-refractivity contribution < 1.29 is 28.2 Å². The molecule has 1 aliphatic rings. The maximum Gasteiger partial charge on any atom is 0.360 e. The highest BCUT2D eigenvalue weighted by atomic mass is 16.5. The van der Waals surface area contributed by atoms with Gasteiger partial charge in [0.05, 0.1) is 21.3 Å². The predicted octanol–water partition coefficient (Wildman–Crippen LogP) is 6.53. The molecule has 1 aromatic heterocycles. The number of anilines is 1. The van der Waals surface area contributed by atoms with Gasteiger partial charge in [0.15, 0.2) is 11.5 Å². The zero-order valence-electron chi connectivity index (χ0n) is 22.9. The van der Waals surface area contributed by atoms with Crippen molar-refractivity contribution in [2.24, 2.45) is 0 Å². The minimum atomic E-state index is -0.667. The number of ether oxygens (including phenoxy) is 4. The van der Waals surface area contributed by atoms with Gasteiger partial charge in [0.2, 0.25) is 0 Å². The van der Waals surface area contributed by atoms with Gasteiger partial charge < -0.3 is 28.7 Å². The number of hydrogen-bond donors (Lipinski definition) is 1. The Morgan fingerprint density at radius 1 is 0.975 bits per heavy atom. The molecule has 1 N–H and O–H groups in total. The number of hydrogen-bond acceptors (Lipinski definition) is 7. The van der Waals surface area contributed by atoms with Crippen molar-refractivity contribution in [2.75, 3.05) is 26.6 Å². The molecule has 1 unspecified atom stereocenters. The number of benzene rings is 3. The molecule has 8 nitrogen and oxygen atoms in total. The van der Waals surface area contributed by atoms with Crippen LogP contribution >= 0.6 is 0 Å². The predicted molar refractivity (Wildman–Crippen MR) is 154 cm³/mol. The van der Waals surface area contributed by atoms with Crippen molar-refractivity contribution in [3.8, 4) is 34.1 Å². The zero-order chi connectivity index (χ0) is 28.2. The Kier molecular flexibility index (Phi) is 7.77. The van der Waals surface area contributed by atoms with E-state index in [-0.39, 0.29) is 11.8 Å². The van der Waals surface area contributed by atoms with Gasteiger partial charge in [-0.2, -0.15) is 0 Å². The van der Waals surface area contributed by atoms with E-state index in [4.69, 9.17) is 23.4 Å². The topological polar surface area (TPSA) is 96.2 Å². The van der Waals surface area contributed by atoms with Crippen molar-refractivity contribution in [1.82, 2.24) is 0 Å². The van der Waals surface area contributed by atoms with E-state index < -0.39 is 11.5 Å². The maximum atomic E-state index is 13.3. The van der Waals surface area contributed by atoms with Gasteiger partial charge in [0.25, 0.3) is 5.91 Å². The number of methoxy groups -OCH3 is 3. The first-order valence-electron chi connectivity index (χ1n) is 13.0. The summed E-state index contributed by atoms with van der Waals surface area (Å²) in [5, 5.41) is 3.30. The van der Waals surface area contributed by atoms with Gasteiger partial charge in [-0.05, 0) is 80.3 Å². The van der Waals surface area contributed by atoms with E-state index in [0.29, 0.717) is 50.7 Å². The Morgan fingerprint density at radius 2 is 1.80 bits per heavy atom. The summed E-state index contributed by atoms with van der Waals surface area (Å²) in [5.74, 6) is 1.87. The van der Waals surface area contributed by atoms with Crippen molar-refractivity contribution in [2.45, 2.75) is 32.3 Å². The Bertz CT molecular complexity index is 1650. The average Bonchev–Trinajstić information content (AvgIpc) is 2.99. The van der Waals surface area contributed by atoms with Crippen LogP contribution in [0.1, 0.15) is 35.2 Å². The van der Waals surface area contributed by atoms with Crippen LogP contribution in [0.15, 0.2) is 76.0 Å². The number of carbonyl (C=O) groups excluding carboxylic acids is 1. The Morgan fingerprint density at radius 3 is 2.52 bits per heavy atom. The molecule has 0 fully saturated rings. The first kappa shape index (κ1) is 26.9. The lowest BCUT2D eigenvalue weighted by molar-refractivity contribution is 0.102. The molecule has 1 atom stereocenters. The molecule has 0 aliphatic heterocycles. The second-order valence-corrected chi connectivity index (χ2v) is 9.52. The smallest absolute Gasteiger partial charge is 0.360 e. The number of aryl methyl sites for hydroxylation is 1. The van der Waals surface area contributed by atoms with Crippen LogP contribution in [0.4, 0.5) is 5.69 Å². The van der Waals surface area contributed by atoms with Crippen LogP contribution in [0.2, 0.25) is 0 Å². The third kappa shape index (κ3) is 5.38. The van der Waals surface area contributed by atoms with Gasteiger partial charge in [-0.3, -0.25) is 4.79 Å². The molecule has 4 aromatic rings. The molecule has 40 heavy (non-hydrogen) atoms. The SMILES string of the molecule is COc1cccc(-c2cc(C(=O)Nc3cc4cc(OC)c(OC5C=CCCC5)c(C)c4oc3=O)ccc2OC)c1. The average molecular weight is 542 g/mol. The van der Waals surface area contributed by atoms with Crippen LogP contribution in [0.5, 0.6) is 23.0 Å². The van der Waals surface area contributed by atoms with E-state index in [1.54, 1.807) is 51.7 Å². The third-order valence-electron chi connectivity index (χ3n) is 6.96. The molecular formula is C32H31NO7. The highest BCUT2D eigenvalue weighted by molar-refractivity contribution is 6.06. The fourth-order valence-corrected chi connectivity index (χ4v) is 4.86. The van der Waals surface area contributed by atoms with Crippen molar-refractivity contribution in [1.29, 1.82) is 0 Å². The molecule has 1 amide bonds. The molecule has 1 heterocycles. The lowest BCUT2D eigenvalue weighted by Gasteiger charge is -2.22. The molecule has 0 saturated heterocycles. The summed E-state index contributed by atoms with van der Waals surface area (Å²) in [6.07, 6.45) is 7.06. The molecule has 1 aliphatic carbocycles. The second kappa shape index (κ2) is 11.6. The molecule has 206 valence electrons. The van der Waals surface area contributed by atoms with Gasteiger partial charge in [-0.15, -0.1) is 0 Å². The van der Waals surface area contributed by atoms with Gasteiger partial charge in [0.1, 0.15) is 28.9 Å². The zero-order valence-corrected chi connectivity index (χ0v) is 22.9. The first-order valence-corrected chi connectivity index (χ1v) is 13.0. The van der Waals surface area contributed by atoms with Gasteiger partial charge in [-0.25, -0.2) is 4.79 Å². The number of nitrogens with one attached hydrogen (secondary N) is 1. The minimum Gasteiger partial charge on any atom is -0.497 e. The number of carbonyl (C=O) groups is 1. The highest BCUT2D eigenvalue weighted by Crippen LogP contribution is 2.39. The fourth-order valence-electron chi connectivity index (χ4n) is 4.86. The van der Waals surface area contributed by atoms with Crippen LogP contribution in [-0.4, -0.2) is 33.3 Å². The van der Waals surface area contributed by atoms with E-state index in [0.717, 1.165) is 24.8 Å². The molecule has 8 heteroatoms. The Balaban J connectivity index is 1.47. The van der Waals surface area contributed by atoms with Crippen LogP contribution in [0.3, 0.4) is 0 Å². The molecule has 0 spiro atoms. The van der Waals surface area contributed by atoms with Gasteiger partial charge >= 0.3 is 5.63 Å². The highest BCUT2D eigenvalue weighted by Gasteiger charge is 2.21. The largest absolute Gasteiger partial charge is 0.497 e. The van der Waals surface area contributed by atoms with Crippen LogP contribution in [-0.2, 0) is 0 Å². The summed E-state index contributed by atoms with van der Waals surface area (Å²) in [5.41, 5.74) is 2.25. The molecule has 0 saturated carbocycles. The third-order valence-corrected chi connectivity index (χ3v) is 6.96. The fraction of sp³-hybridized carbons (Fsp3) is 0.250. The van der Waals surface area contributed by atoms with E-state index in [1.807, 2.05) is 37.3 Å². The van der Waals surface area contributed by atoms with E-state index in [2.05, 4.69) is 11.4 Å². The van der Waals surface area contributed by atoms with E-state index >= 15 is 0 Å². The molecule has 0 radical (unpaired) electrons. The van der Waals surface area contributed by atoms with Crippen molar-refractivity contribution >= 4 is 22.6 Å². The second-order valence-electron chi connectivity index (χ2n) is 9.52. The quantitative estimate of drug-likeness (QED) is 0.200. The monoisotopic (exact) mass is 541 g/mol. The maximum absolute atomic E-state index is 13.3. The summed E-state index contributed by atoms with van der Waals surface area (Å²) in [6, 6.07) is 15.9. The number of fused-ring (bicyclic) bond motifs is 1. The van der Waals surface area contributed by atoms with Gasteiger partial charge in [0, 0.05) is 22.1 Å². The van der Waals surface area contributed by atoms with Crippen LogP contribution < -0.4 is 29.9 Å².